The number of amidine groups is 1. The number of likely N-dealkylation sites (N-methyl/N-ethyl adjacent to an activating group) is 1. The first-order valence-electron chi connectivity index (χ1n) is 8.88. The maximum absolute atomic E-state index is 12.6. The van der Waals surface area contributed by atoms with Crippen LogP contribution in [-0.2, 0) is 9.59 Å². The number of aromatic carboxylic acids is 1. The summed E-state index contributed by atoms with van der Waals surface area (Å²) < 4.78 is 5.42. The molecule has 1 fully saturated rings. The van der Waals surface area contributed by atoms with Crippen molar-refractivity contribution >= 4 is 46.5 Å². The molecule has 0 bridgehead atoms. The van der Waals surface area contributed by atoms with Gasteiger partial charge in [-0.2, -0.15) is 0 Å². The number of carbonyl (C=O) groups excluding carboxylic acids is 1. The largest absolute Gasteiger partial charge is 0.493 e. The van der Waals surface area contributed by atoms with Gasteiger partial charge in [0.1, 0.15) is 5.75 Å². The van der Waals surface area contributed by atoms with Crippen molar-refractivity contribution in [1.82, 2.24) is 4.90 Å². The van der Waals surface area contributed by atoms with E-state index in [1.807, 2.05) is 0 Å². The Morgan fingerprint density at radius 3 is 2.67 bits per heavy atom. The van der Waals surface area contributed by atoms with Crippen LogP contribution in [0.25, 0.3) is 6.08 Å². The summed E-state index contributed by atoms with van der Waals surface area (Å²) in [6.45, 7) is 0.0536. The van der Waals surface area contributed by atoms with Gasteiger partial charge in [-0.25, -0.2) is 9.79 Å². The molecule has 9 heteroatoms. The fourth-order valence-corrected chi connectivity index (χ4v) is 3.56. The standard InChI is InChI=1S/C21H18N2O6S/c1-23-19(26)17(11-13-4-2-7-16(10-13)29-9-8-18(24)25)30-21(23)22-15-6-3-5-14(12-15)20(27)28/h2-7,10-12H,8-9H2,1H3,(H,24,25)(H,27,28)/b17-11-,22-21?. The zero-order valence-corrected chi connectivity index (χ0v) is 16.8. The number of thioether (sulfide) groups is 1. The zero-order chi connectivity index (χ0) is 21.7. The fourth-order valence-electron chi connectivity index (χ4n) is 2.57. The van der Waals surface area contributed by atoms with Gasteiger partial charge >= 0.3 is 11.9 Å². The number of nitrogens with zero attached hydrogens (tertiary/aromatic N) is 2. The summed E-state index contributed by atoms with van der Waals surface area (Å²) in [5, 5.41) is 18.2. The van der Waals surface area contributed by atoms with Gasteiger partial charge in [0.15, 0.2) is 5.17 Å². The number of carbonyl (C=O) groups is 3. The van der Waals surface area contributed by atoms with Crippen LogP contribution in [-0.4, -0.2) is 51.8 Å². The molecular formula is C21H18N2O6S. The van der Waals surface area contributed by atoms with Gasteiger partial charge in [0.2, 0.25) is 0 Å². The van der Waals surface area contributed by atoms with E-state index in [0.29, 0.717) is 21.5 Å². The number of ether oxygens (including phenoxy) is 1. The molecule has 1 saturated heterocycles. The Bertz CT molecular complexity index is 1060. The normalized spacial score (nSPS) is 16.3. The second-order valence-corrected chi connectivity index (χ2v) is 7.30. The monoisotopic (exact) mass is 426 g/mol. The highest BCUT2D eigenvalue weighted by atomic mass is 32.2. The number of hydrogen-bond donors (Lipinski definition) is 2. The molecule has 0 radical (unpaired) electrons. The zero-order valence-electron chi connectivity index (χ0n) is 15.9. The van der Waals surface area contributed by atoms with E-state index in [9.17, 15) is 14.4 Å². The van der Waals surface area contributed by atoms with Gasteiger partial charge in [-0.05, 0) is 53.7 Å². The Kier molecular flexibility index (Phi) is 6.53. The molecule has 2 N–H and O–H groups in total. The van der Waals surface area contributed by atoms with E-state index < -0.39 is 11.9 Å². The van der Waals surface area contributed by atoms with E-state index in [2.05, 4.69) is 4.99 Å². The Balaban J connectivity index is 1.79. The van der Waals surface area contributed by atoms with Crippen molar-refractivity contribution in [1.29, 1.82) is 0 Å². The first-order chi connectivity index (χ1) is 14.3. The van der Waals surface area contributed by atoms with Crippen LogP contribution >= 0.6 is 11.8 Å². The number of carboxylic acid groups (broad SMARTS) is 2. The minimum absolute atomic E-state index is 0.0536. The Morgan fingerprint density at radius 1 is 1.17 bits per heavy atom. The number of aliphatic carboxylic acids is 1. The van der Waals surface area contributed by atoms with Gasteiger partial charge < -0.3 is 14.9 Å². The number of hydrogen-bond acceptors (Lipinski definition) is 6. The van der Waals surface area contributed by atoms with Crippen molar-refractivity contribution in [2.24, 2.45) is 4.99 Å². The number of aliphatic imine (C=N–C) groups is 1. The molecule has 2 aromatic rings. The summed E-state index contributed by atoms with van der Waals surface area (Å²) in [6, 6.07) is 13.2. The summed E-state index contributed by atoms with van der Waals surface area (Å²) in [6.07, 6.45) is 1.59. The fraction of sp³-hybridized carbons (Fsp3) is 0.143. The van der Waals surface area contributed by atoms with Gasteiger partial charge in [0.05, 0.1) is 29.2 Å². The summed E-state index contributed by atoms with van der Waals surface area (Å²) in [4.78, 5) is 40.5. The van der Waals surface area contributed by atoms with Crippen LogP contribution in [0.5, 0.6) is 5.75 Å². The molecule has 0 aliphatic carbocycles. The molecule has 0 aromatic heterocycles. The van der Waals surface area contributed by atoms with Crippen molar-refractivity contribution < 1.29 is 29.3 Å². The van der Waals surface area contributed by atoms with Crippen molar-refractivity contribution in [3.63, 3.8) is 0 Å². The lowest BCUT2D eigenvalue weighted by Gasteiger charge is -2.07. The lowest BCUT2D eigenvalue weighted by atomic mass is 10.2. The van der Waals surface area contributed by atoms with Crippen LogP contribution in [0.1, 0.15) is 22.3 Å². The summed E-state index contributed by atoms with van der Waals surface area (Å²) in [7, 11) is 1.60. The average Bonchev–Trinajstić information content (AvgIpc) is 2.96. The predicted molar refractivity (Wildman–Crippen MR) is 113 cm³/mol. The van der Waals surface area contributed by atoms with Gasteiger partial charge in [0, 0.05) is 7.05 Å². The molecule has 1 heterocycles. The van der Waals surface area contributed by atoms with Crippen LogP contribution in [0.4, 0.5) is 5.69 Å². The van der Waals surface area contributed by atoms with E-state index >= 15 is 0 Å². The quantitative estimate of drug-likeness (QED) is 0.651. The molecule has 0 saturated carbocycles. The van der Waals surface area contributed by atoms with E-state index in [-0.39, 0.29) is 24.5 Å². The number of carboxylic acids is 2. The van der Waals surface area contributed by atoms with E-state index in [4.69, 9.17) is 14.9 Å². The lowest BCUT2D eigenvalue weighted by molar-refractivity contribution is -0.137. The number of amides is 1. The second-order valence-electron chi connectivity index (χ2n) is 6.29. The molecular weight excluding hydrogens is 408 g/mol. The summed E-state index contributed by atoms with van der Waals surface area (Å²) >= 11 is 1.18. The highest BCUT2D eigenvalue weighted by molar-refractivity contribution is 8.18. The van der Waals surface area contributed by atoms with E-state index in [1.54, 1.807) is 49.5 Å². The van der Waals surface area contributed by atoms with Crippen molar-refractivity contribution in [3.8, 4) is 5.75 Å². The molecule has 1 amide bonds. The first kappa shape index (κ1) is 21.1. The minimum Gasteiger partial charge on any atom is -0.493 e. The van der Waals surface area contributed by atoms with Gasteiger partial charge in [-0.1, -0.05) is 18.2 Å². The van der Waals surface area contributed by atoms with Gasteiger partial charge in [-0.3, -0.25) is 14.5 Å². The molecule has 0 unspecified atom stereocenters. The molecule has 2 aromatic carbocycles. The molecule has 0 spiro atoms. The average molecular weight is 426 g/mol. The first-order valence-corrected chi connectivity index (χ1v) is 9.69. The van der Waals surface area contributed by atoms with Crippen molar-refractivity contribution in [2.45, 2.75) is 6.42 Å². The predicted octanol–water partition coefficient (Wildman–Crippen LogP) is 3.47. The SMILES string of the molecule is CN1C(=O)/C(=C/c2cccc(OCCC(=O)O)c2)SC1=Nc1cccc(C(=O)O)c1. The Labute approximate surface area is 176 Å². The Morgan fingerprint density at radius 2 is 1.93 bits per heavy atom. The highest BCUT2D eigenvalue weighted by Gasteiger charge is 2.30. The summed E-state index contributed by atoms with van der Waals surface area (Å²) in [5.41, 5.74) is 1.28. The maximum atomic E-state index is 12.6. The lowest BCUT2D eigenvalue weighted by Crippen LogP contribution is -2.23. The third-order valence-corrected chi connectivity index (χ3v) is 5.12. The van der Waals surface area contributed by atoms with Crippen LogP contribution in [0.3, 0.4) is 0 Å². The van der Waals surface area contributed by atoms with Gasteiger partial charge in [0.25, 0.3) is 5.91 Å². The third-order valence-electron chi connectivity index (χ3n) is 4.06. The van der Waals surface area contributed by atoms with Crippen LogP contribution in [0, 0.1) is 0 Å². The smallest absolute Gasteiger partial charge is 0.335 e. The molecule has 8 nitrogen and oxygen atoms in total. The minimum atomic E-state index is -1.05. The second kappa shape index (κ2) is 9.27. The molecule has 30 heavy (non-hydrogen) atoms. The number of rotatable bonds is 7. The third kappa shape index (κ3) is 5.26. The number of benzene rings is 2. The van der Waals surface area contributed by atoms with E-state index in [1.165, 1.54) is 28.8 Å². The highest BCUT2D eigenvalue weighted by Crippen LogP contribution is 2.33. The molecule has 154 valence electrons. The topological polar surface area (TPSA) is 117 Å². The van der Waals surface area contributed by atoms with Crippen LogP contribution < -0.4 is 4.74 Å². The Hall–Kier alpha value is -3.59. The van der Waals surface area contributed by atoms with Crippen LogP contribution in [0.15, 0.2) is 58.4 Å². The summed E-state index contributed by atoms with van der Waals surface area (Å²) in [5.74, 6) is -1.71. The molecule has 1 aliphatic rings. The van der Waals surface area contributed by atoms with Crippen molar-refractivity contribution in [3.05, 3.63) is 64.6 Å². The molecule has 3 rings (SSSR count). The van der Waals surface area contributed by atoms with Crippen molar-refractivity contribution in [2.75, 3.05) is 13.7 Å². The maximum Gasteiger partial charge on any atom is 0.335 e. The van der Waals surface area contributed by atoms with E-state index in [0.717, 1.165) is 5.56 Å². The molecule has 1 aliphatic heterocycles. The molecule has 0 atom stereocenters. The van der Waals surface area contributed by atoms with Crippen LogP contribution in [0.2, 0.25) is 0 Å². The van der Waals surface area contributed by atoms with Gasteiger partial charge in [-0.15, -0.1) is 0 Å².